The highest BCUT2D eigenvalue weighted by molar-refractivity contribution is 5.51. The maximum atomic E-state index is 10.7. The second kappa shape index (κ2) is 9.36. The molecule has 0 radical (unpaired) electrons. The molecule has 1 heterocycles. The third kappa shape index (κ3) is 4.81. The van der Waals surface area contributed by atoms with E-state index in [1.54, 1.807) is 0 Å². The summed E-state index contributed by atoms with van der Waals surface area (Å²) < 4.78 is 12.2. The van der Waals surface area contributed by atoms with E-state index in [0.717, 1.165) is 28.3 Å². The zero-order valence-corrected chi connectivity index (χ0v) is 16.8. The monoisotopic (exact) mass is 423 g/mol. The summed E-state index contributed by atoms with van der Waals surface area (Å²) >= 11 is 0. The van der Waals surface area contributed by atoms with Gasteiger partial charge in [0.1, 0.15) is 29.5 Å². The number of nitrogens with zero attached hydrogens (tertiary/aromatic N) is 1. The molecule has 7 heteroatoms. The smallest absolute Gasteiger partial charge is 0.127 e. The van der Waals surface area contributed by atoms with Crippen LogP contribution in [0.4, 0.5) is 0 Å². The van der Waals surface area contributed by atoms with Crippen LogP contribution >= 0.6 is 0 Å². The van der Waals surface area contributed by atoms with Crippen molar-refractivity contribution < 1.29 is 30.0 Å². The Labute approximate surface area is 180 Å². The Morgan fingerprint density at radius 2 is 1.29 bits per heavy atom. The Kier molecular flexibility index (Phi) is 6.39. The summed E-state index contributed by atoms with van der Waals surface area (Å²) in [5.41, 5.74) is 2.00. The van der Waals surface area contributed by atoms with Gasteiger partial charge in [0.25, 0.3) is 0 Å². The van der Waals surface area contributed by atoms with Gasteiger partial charge in [0, 0.05) is 12.1 Å². The summed E-state index contributed by atoms with van der Waals surface area (Å²) in [6, 6.07) is 20.6. The van der Waals surface area contributed by atoms with Gasteiger partial charge in [-0.15, -0.1) is 0 Å². The lowest BCUT2D eigenvalue weighted by Crippen LogP contribution is -2.32. The van der Waals surface area contributed by atoms with Crippen LogP contribution in [0.2, 0.25) is 0 Å². The summed E-state index contributed by atoms with van der Waals surface area (Å²) in [5.74, 6) is -0.947. The van der Waals surface area contributed by atoms with Crippen molar-refractivity contribution in [1.82, 2.24) is 5.06 Å². The molecule has 0 spiro atoms. The van der Waals surface area contributed by atoms with Crippen LogP contribution in [0.3, 0.4) is 0 Å². The van der Waals surface area contributed by atoms with Crippen molar-refractivity contribution in [3.8, 4) is 17.2 Å². The van der Waals surface area contributed by atoms with E-state index in [2.05, 4.69) is 0 Å². The fourth-order valence-corrected chi connectivity index (χ4v) is 3.89. The number of phenolic OH excluding ortho intramolecular Hbond substituents is 3. The van der Waals surface area contributed by atoms with E-state index < -0.39 is 18.2 Å². The Morgan fingerprint density at radius 3 is 1.84 bits per heavy atom. The molecule has 0 aliphatic carbocycles. The minimum atomic E-state index is -0.884. The molecule has 4 N–H and O–H groups in total. The van der Waals surface area contributed by atoms with E-state index in [1.807, 2.05) is 60.7 Å². The van der Waals surface area contributed by atoms with Gasteiger partial charge in [-0.2, -0.15) is 5.06 Å². The van der Waals surface area contributed by atoms with Crippen LogP contribution in [0.15, 0.2) is 72.8 Å². The van der Waals surface area contributed by atoms with E-state index >= 15 is 0 Å². The molecule has 3 aromatic rings. The molecule has 1 fully saturated rings. The van der Waals surface area contributed by atoms with E-state index in [4.69, 9.17) is 9.47 Å². The van der Waals surface area contributed by atoms with Gasteiger partial charge in [0.2, 0.25) is 0 Å². The fourth-order valence-electron chi connectivity index (χ4n) is 3.89. The Hall–Kier alpha value is -3.10. The molecule has 4 rings (SSSR count). The average molecular weight is 423 g/mol. The lowest BCUT2D eigenvalue weighted by Gasteiger charge is -2.27. The molecule has 3 atom stereocenters. The predicted molar refractivity (Wildman–Crippen MR) is 113 cm³/mol. The number of ether oxygens (including phenoxy) is 2. The molecule has 162 valence electrons. The molecule has 0 unspecified atom stereocenters. The van der Waals surface area contributed by atoms with Crippen molar-refractivity contribution >= 4 is 0 Å². The standard InChI is InChI=1S/C24H25NO6/c26-18-11-19(27)22(20(28)12-18)23-24(31-15-17-9-5-2-6-10-17)21(13-25(23)29)30-14-16-7-3-1-4-8-16/h1-12,21,23-24,26-29H,13-15H2/t21-,23-,24+/m0/s1. The van der Waals surface area contributed by atoms with Gasteiger partial charge in [0.15, 0.2) is 0 Å². The van der Waals surface area contributed by atoms with E-state index in [-0.39, 0.29) is 36.0 Å². The first-order valence-corrected chi connectivity index (χ1v) is 10.0. The summed E-state index contributed by atoms with van der Waals surface area (Å²) in [6.07, 6.45) is -1.21. The van der Waals surface area contributed by atoms with E-state index in [9.17, 15) is 20.5 Å². The molecule has 1 aliphatic heterocycles. The molecule has 3 aromatic carbocycles. The Morgan fingerprint density at radius 1 is 0.774 bits per heavy atom. The van der Waals surface area contributed by atoms with Crippen LogP contribution in [-0.4, -0.2) is 44.3 Å². The van der Waals surface area contributed by atoms with Crippen LogP contribution in [-0.2, 0) is 22.7 Å². The summed E-state index contributed by atoms with van der Waals surface area (Å²) in [7, 11) is 0. The number of phenols is 3. The first-order chi connectivity index (χ1) is 15.0. The number of benzene rings is 3. The largest absolute Gasteiger partial charge is 0.508 e. The van der Waals surface area contributed by atoms with Crippen LogP contribution in [0.1, 0.15) is 22.7 Å². The zero-order chi connectivity index (χ0) is 21.8. The van der Waals surface area contributed by atoms with Crippen molar-refractivity contribution in [3.63, 3.8) is 0 Å². The first-order valence-electron chi connectivity index (χ1n) is 10.0. The van der Waals surface area contributed by atoms with Gasteiger partial charge in [-0.3, -0.25) is 0 Å². The Bertz CT molecular complexity index is 974. The Balaban J connectivity index is 1.60. The van der Waals surface area contributed by atoms with E-state index in [0.29, 0.717) is 6.61 Å². The summed E-state index contributed by atoms with van der Waals surface area (Å²) in [4.78, 5) is 0. The van der Waals surface area contributed by atoms with Crippen molar-refractivity contribution in [3.05, 3.63) is 89.5 Å². The molecule has 31 heavy (non-hydrogen) atoms. The van der Waals surface area contributed by atoms with Gasteiger partial charge in [-0.25, -0.2) is 0 Å². The van der Waals surface area contributed by atoms with Crippen molar-refractivity contribution in [2.45, 2.75) is 31.5 Å². The number of aromatic hydroxyl groups is 3. The number of hydrogen-bond acceptors (Lipinski definition) is 7. The molecule has 0 aromatic heterocycles. The molecular formula is C24H25NO6. The maximum absolute atomic E-state index is 10.7. The minimum absolute atomic E-state index is 0.0733. The van der Waals surface area contributed by atoms with Crippen LogP contribution < -0.4 is 0 Å². The summed E-state index contributed by atoms with van der Waals surface area (Å²) in [5, 5.41) is 42.1. The minimum Gasteiger partial charge on any atom is -0.508 e. The van der Waals surface area contributed by atoms with Gasteiger partial charge in [-0.05, 0) is 11.1 Å². The molecule has 1 saturated heterocycles. The topological polar surface area (TPSA) is 103 Å². The number of rotatable bonds is 7. The maximum Gasteiger partial charge on any atom is 0.127 e. The third-order valence-corrected chi connectivity index (χ3v) is 5.37. The van der Waals surface area contributed by atoms with E-state index in [1.165, 1.54) is 0 Å². The van der Waals surface area contributed by atoms with Crippen LogP contribution in [0.5, 0.6) is 17.2 Å². The quantitative estimate of drug-likeness (QED) is 0.459. The van der Waals surface area contributed by atoms with Gasteiger partial charge < -0.3 is 30.0 Å². The van der Waals surface area contributed by atoms with Gasteiger partial charge in [0.05, 0.1) is 31.4 Å². The lowest BCUT2D eigenvalue weighted by atomic mass is 9.99. The summed E-state index contributed by atoms with van der Waals surface area (Å²) in [6.45, 7) is 0.710. The molecule has 7 nitrogen and oxygen atoms in total. The lowest BCUT2D eigenvalue weighted by molar-refractivity contribution is -0.127. The molecule has 0 bridgehead atoms. The second-order valence-corrected chi connectivity index (χ2v) is 7.56. The first kappa shape index (κ1) is 21.1. The molecule has 1 aliphatic rings. The van der Waals surface area contributed by atoms with Crippen LogP contribution in [0, 0.1) is 0 Å². The molecule has 0 amide bonds. The number of hydroxylamine groups is 2. The second-order valence-electron chi connectivity index (χ2n) is 7.56. The van der Waals surface area contributed by atoms with Crippen molar-refractivity contribution in [2.24, 2.45) is 0 Å². The number of hydrogen-bond donors (Lipinski definition) is 4. The van der Waals surface area contributed by atoms with Gasteiger partial charge in [-0.1, -0.05) is 60.7 Å². The molecular weight excluding hydrogens is 398 g/mol. The highest BCUT2D eigenvalue weighted by atomic mass is 16.6. The normalized spacial score (nSPS) is 21.4. The highest BCUT2D eigenvalue weighted by Crippen LogP contribution is 2.45. The highest BCUT2D eigenvalue weighted by Gasteiger charge is 2.46. The third-order valence-electron chi connectivity index (χ3n) is 5.37. The van der Waals surface area contributed by atoms with Crippen LogP contribution in [0.25, 0.3) is 0 Å². The van der Waals surface area contributed by atoms with Gasteiger partial charge >= 0.3 is 0 Å². The zero-order valence-electron chi connectivity index (χ0n) is 16.8. The predicted octanol–water partition coefficient (Wildman–Crippen LogP) is 3.72. The van der Waals surface area contributed by atoms with Crippen molar-refractivity contribution in [1.29, 1.82) is 0 Å². The average Bonchev–Trinajstić information content (AvgIpc) is 3.06. The fraction of sp³-hybridized carbons (Fsp3) is 0.250. The van der Waals surface area contributed by atoms with Crippen molar-refractivity contribution in [2.75, 3.05) is 6.54 Å². The molecule has 0 saturated carbocycles. The SMILES string of the molecule is Oc1cc(O)c([C@H]2[C@H](OCc3ccccc3)[C@@H](OCc3ccccc3)CN2O)c(O)c1.